The molecule has 1 saturated heterocycles. The summed E-state index contributed by atoms with van der Waals surface area (Å²) in [4.78, 5) is 14.8. The van der Waals surface area contributed by atoms with Gasteiger partial charge in [0.2, 0.25) is 5.13 Å². The van der Waals surface area contributed by atoms with Gasteiger partial charge in [0.25, 0.3) is 15.9 Å². The van der Waals surface area contributed by atoms with Crippen LogP contribution in [0.25, 0.3) is 0 Å². The Hall–Kier alpha value is -1.85. The van der Waals surface area contributed by atoms with Gasteiger partial charge in [-0.15, -0.1) is 10.2 Å². The molecule has 2 aromatic rings. The number of benzene rings is 1. The quantitative estimate of drug-likeness (QED) is 0.566. The van der Waals surface area contributed by atoms with Crippen LogP contribution >= 0.6 is 23.1 Å². The number of anilines is 1. The largest absolute Gasteiger partial charge is 0.496 e. The van der Waals surface area contributed by atoms with Gasteiger partial charge in [-0.05, 0) is 42.9 Å². The number of hydrogen-bond acceptors (Lipinski definition) is 8. The molecular formula is C20H28N4O4S3. The van der Waals surface area contributed by atoms with Crippen LogP contribution in [0.1, 0.15) is 44.0 Å². The van der Waals surface area contributed by atoms with Crippen molar-refractivity contribution in [3.63, 3.8) is 0 Å². The lowest BCUT2D eigenvalue weighted by Gasteiger charge is -2.30. The number of amides is 1. The Morgan fingerprint density at radius 2 is 2.03 bits per heavy atom. The monoisotopic (exact) mass is 484 g/mol. The Morgan fingerprint density at radius 3 is 2.68 bits per heavy atom. The summed E-state index contributed by atoms with van der Waals surface area (Å²) in [7, 11) is -2.46. The van der Waals surface area contributed by atoms with E-state index in [9.17, 15) is 13.2 Å². The first-order valence-electron chi connectivity index (χ1n) is 10.2. The minimum absolute atomic E-state index is 0.0198. The molecule has 0 unspecified atom stereocenters. The zero-order valence-corrected chi connectivity index (χ0v) is 20.6. The second-order valence-electron chi connectivity index (χ2n) is 8.02. The molecule has 1 aromatic heterocycles. The third kappa shape index (κ3) is 6.11. The molecule has 0 atom stereocenters. The van der Waals surface area contributed by atoms with E-state index >= 15 is 0 Å². The third-order valence-corrected chi connectivity index (χ3v) is 8.82. The molecule has 0 aliphatic carbocycles. The van der Waals surface area contributed by atoms with E-state index in [4.69, 9.17) is 4.74 Å². The minimum Gasteiger partial charge on any atom is -0.496 e. The SMILES string of the molecule is COc1ccc(S(=O)(=O)Nc2nnc(SCC(C)C)s2)cc1C(=O)N1CCC(C)CC1. The van der Waals surface area contributed by atoms with Crippen LogP contribution in [0.3, 0.4) is 0 Å². The van der Waals surface area contributed by atoms with Crippen LogP contribution in [0.2, 0.25) is 0 Å². The number of aromatic nitrogens is 2. The predicted octanol–water partition coefficient (Wildman–Crippen LogP) is 3.97. The third-order valence-electron chi connectivity index (χ3n) is 4.95. The fourth-order valence-electron chi connectivity index (χ4n) is 3.12. The van der Waals surface area contributed by atoms with Crippen molar-refractivity contribution in [2.75, 3.05) is 30.7 Å². The molecule has 170 valence electrons. The lowest BCUT2D eigenvalue weighted by atomic mass is 9.98. The molecule has 1 aliphatic heterocycles. The second-order valence-corrected chi connectivity index (χ2v) is 11.9. The van der Waals surface area contributed by atoms with E-state index in [-0.39, 0.29) is 21.5 Å². The molecule has 11 heteroatoms. The zero-order chi connectivity index (χ0) is 22.6. The maximum Gasteiger partial charge on any atom is 0.263 e. The first-order valence-corrected chi connectivity index (χ1v) is 13.4. The summed E-state index contributed by atoms with van der Waals surface area (Å²) in [5.74, 6) is 2.08. The van der Waals surface area contributed by atoms with Gasteiger partial charge in [0.1, 0.15) is 5.75 Å². The maximum atomic E-state index is 13.1. The highest BCUT2D eigenvalue weighted by Crippen LogP contribution is 2.30. The smallest absolute Gasteiger partial charge is 0.263 e. The van der Waals surface area contributed by atoms with Crippen molar-refractivity contribution in [3.8, 4) is 5.75 Å². The highest BCUT2D eigenvalue weighted by atomic mass is 32.2. The molecular weight excluding hydrogens is 456 g/mol. The molecule has 1 fully saturated rings. The molecule has 0 radical (unpaired) electrons. The van der Waals surface area contributed by atoms with Crippen LogP contribution < -0.4 is 9.46 Å². The predicted molar refractivity (Wildman–Crippen MR) is 124 cm³/mol. The lowest BCUT2D eigenvalue weighted by molar-refractivity contribution is 0.0693. The summed E-state index contributed by atoms with van der Waals surface area (Å²) in [6.07, 6.45) is 1.86. The van der Waals surface area contributed by atoms with Gasteiger partial charge in [-0.3, -0.25) is 9.52 Å². The number of carbonyl (C=O) groups is 1. The molecule has 31 heavy (non-hydrogen) atoms. The Morgan fingerprint density at radius 1 is 1.32 bits per heavy atom. The van der Waals surface area contributed by atoms with Crippen LogP contribution in [0.5, 0.6) is 5.75 Å². The van der Waals surface area contributed by atoms with Crippen molar-refractivity contribution >= 4 is 44.2 Å². The van der Waals surface area contributed by atoms with E-state index in [2.05, 4.69) is 35.7 Å². The summed E-state index contributed by atoms with van der Waals surface area (Å²) < 4.78 is 34.4. The van der Waals surface area contributed by atoms with Crippen LogP contribution in [0.15, 0.2) is 27.4 Å². The number of methoxy groups -OCH3 is 1. The van der Waals surface area contributed by atoms with Crippen LogP contribution in [-0.2, 0) is 10.0 Å². The van der Waals surface area contributed by atoms with Crippen molar-refractivity contribution in [2.45, 2.75) is 42.8 Å². The second kappa shape index (κ2) is 10.2. The molecule has 2 heterocycles. The number of rotatable bonds is 8. The van der Waals surface area contributed by atoms with Gasteiger partial charge in [-0.1, -0.05) is 43.9 Å². The number of nitrogens with zero attached hydrogens (tertiary/aromatic N) is 3. The van der Waals surface area contributed by atoms with Gasteiger partial charge in [-0.2, -0.15) is 0 Å². The van der Waals surface area contributed by atoms with Gasteiger partial charge >= 0.3 is 0 Å². The average Bonchev–Trinajstić information content (AvgIpc) is 3.18. The van der Waals surface area contributed by atoms with Crippen molar-refractivity contribution in [3.05, 3.63) is 23.8 Å². The van der Waals surface area contributed by atoms with Crippen LogP contribution in [0, 0.1) is 11.8 Å². The number of ether oxygens (including phenoxy) is 1. The Bertz CT molecular complexity index is 1020. The van der Waals surface area contributed by atoms with Crippen LogP contribution in [-0.4, -0.2) is 55.4 Å². The highest BCUT2D eigenvalue weighted by molar-refractivity contribution is 8.01. The van der Waals surface area contributed by atoms with Gasteiger partial charge in [0, 0.05) is 18.8 Å². The number of thioether (sulfide) groups is 1. The number of sulfonamides is 1. The number of likely N-dealkylation sites (tertiary alicyclic amines) is 1. The Labute approximate surface area is 191 Å². The summed E-state index contributed by atoms with van der Waals surface area (Å²) in [5, 5.41) is 8.16. The van der Waals surface area contributed by atoms with Gasteiger partial charge in [-0.25, -0.2) is 8.42 Å². The van der Waals surface area contributed by atoms with E-state index in [1.165, 1.54) is 36.6 Å². The summed E-state index contributed by atoms with van der Waals surface area (Å²) in [6, 6.07) is 4.31. The van der Waals surface area contributed by atoms with Gasteiger partial charge in [0.05, 0.1) is 17.6 Å². The molecule has 1 N–H and O–H groups in total. The van der Waals surface area contributed by atoms with Crippen molar-refractivity contribution in [1.82, 2.24) is 15.1 Å². The fourth-order valence-corrected chi connectivity index (χ4v) is 6.11. The Kier molecular flexibility index (Phi) is 7.82. The molecule has 0 spiro atoms. The van der Waals surface area contributed by atoms with E-state index in [0.717, 1.165) is 18.6 Å². The molecule has 8 nitrogen and oxygen atoms in total. The molecule has 1 aliphatic rings. The Balaban J connectivity index is 1.80. The number of carbonyl (C=O) groups excluding carboxylic acids is 1. The summed E-state index contributed by atoms with van der Waals surface area (Å²) in [5.41, 5.74) is 0.241. The molecule has 1 amide bonds. The number of piperidine rings is 1. The summed E-state index contributed by atoms with van der Waals surface area (Å²) >= 11 is 2.73. The van der Waals surface area contributed by atoms with Crippen molar-refractivity contribution < 1.29 is 17.9 Å². The van der Waals surface area contributed by atoms with E-state index in [1.54, 1.807) is 16.7 Å². The summed E-state index contributed by atoms with van der Waals surface area (Å²) in [6.45, 7) is 7.68. The van der Waals surface area contributed by atoms with E-state index in [0.29, 0.717) is 35.0 Å². The minimum atomic E-state index is -3.93. The molecule has 0 bridgehead atoms. The number of nitrogens with one attached hydrogen (secondary N) is 1. The number of hydrogen-bond donors (Lipinski definition) is 1. The van der Waals surface area contributed by atoms with E-state index in [1.807, 2.05) is 0 Å². The van der Waals surface area contributed by atoms with Crippen LogP contribution in [0.4, 0.5) is 5.13 Å². The molecule has 1 aromatic carbocycles. The fraction of sp³-hybridized carbons (Fsp3) is 0.550. The lowest BCUT2D eigenvalue weighted by Crippen LogP contribution is -2.38. The van der Waals surface area contributed by atoms with Crippen molar-refractivity contribution in [1.29, 1.82) is 0 Å². The molecule has 0 saturated carbocycles. The first kappa shape index (κ1) is 23.8. The maximum absolute atomic E-state index is 13.1. The van der Waals surface area contributed by atoms with E-state index < -0.39 is 10.0 Å². The standard InChI is InChI=1S/C20H28N4O4S3/c1-13(2)12-29-20-22-21-19(30-20)23-31(26,27)15-5-6-17(28-4)16(11-15)18(25)24-9-7-14(3)8-10-24/h5-6,11,13-14H,7-10,12H2,1-4H3,(H,21,23). The van der Waals surface area contributed by atoms with Gasteiger partial charge < -0.3 is 9.64 Å². The average molecular weight is 485 g/mol. The zero-order valence-electron chi connectivity index (χ0n) is 18.1. The van der Waals surface area contributed by atoms with Crippen molar-refractivity contribution in [2.24, 2.45) is 11.8 Å². The topological polar surface area (TPSA) is 101 Å². The highest BCUT2D eigenvalue weighted by Gasteiger charge is 2.26. The molecule has 3 rings (SSSR count). The van der Waals surface area contributed by atoms with Gasteiger partial charge in [0.15, 0.2) is 4.34 Å². The normalized spacial score (nSPS) is 15.3. The first-order chi connectivity index (χ1) is 14.7.